The Balaban J connectivity index is 1.83. The minimum absolute atomic E-state index is 0.0910. The molecule has 3 aliphatic rings. The van der Waals surface area contributed by atoms with Crippen molar-refractivity contribution in [1.29, 1.82) is 0 Å². The normalized spacial score (nSPS) is 24.9. The van der Waals surface area contributed by atoms with Crippen molar-refractivity contribution >= 4 is 28.9 Å². The van der Waals surface area contributed by atoms with Crippen molar-refractivity contribution in [3.63, 3.8) is 0 Å². The Labute approximate surface area is 220 Å². The number of phenolic OH excluding ortho intramolecular Hbond substituents is 1. The first-order valence-electron chi connectivity index (χ1n) is 12.5. The summed E-state index contributed by atoms with van der Waals surface area (Å²) in [4.78, 5) is 39.9. The summed E-state index contributed by atoms with van der Waals surface area (Å²) in [7, 11) is 6.74. The number of aryl methyl sites for hydroxylation is 1. The summed E-state index contributed by atoms with van der Waals surface area (Å²) in [6, 6.07) is 1.85. The number of carbonyl (C=O) groups is 3. The molecule has 11 nitrogen and oxygen atoms in total. The second-order valence-electron chi connectivity index (χ2n) is 10.4. The van der Waals surface area contributed by atoms with Gasteiger partial charge in [0.1, 0.15) is 22.8 Å². The van der Waals surface area contributed by atoms with Gasteiger partial charge in [-0.15, -0.1) is 0 Å². The highest BCUT2D eigenvalue weighted by Gasteiger charge is 2.60. The molecule has 0 spiro atoms. The molecule has 0 unspecified atom stereocenters. The molecule has 6 N–H and O–H groups in total. The van der Waals surface area contributed by atoms with Gasteiger partial charge in [0.05, 0.1) is 5.56 Å². The molecule has 3 atom stereocenters. The third-order valence-electron chi connectivity index (χ3n) is 8.01. The van der Waals surface area contributed by atoms with Crippen LogP contribution in [0, 0.1) is 11.8 Å². The number of amides is 1. The SMILES string of the molecule is COC(CCCc1cc(N(C)C)c2c(c1O)C(O)=C1C(=O)[C@]3(O)C(O)=C(C(N)=O)C(=O)C[C@@H]3C[C@@H]1C2)OC. The number of hydrogen-bond donors (Lipinski definition) is 5. The van der Waals surface area contributed by atoms with E-state index in [1.54, 1.807) is 0 Å². The fourth-order valence-corrected chi connectivity index (χ4v) is 6.10. The number of nitrogens with zero attached hydrogens (tertiary/aromatic N) is 1. The fourth-order valence-electron chi connectivity index (χ4n) is 6.10. The number of primary amides is 1. The van der Waals surface area contributed by atoms with Crippen LogP contribution < -0.4 is 10.6 Å². The largest absolute Gasteiger partial charge is 0.508 e. The Kier molecular flexibility index (Phi) is 7.30. The Morgan fingerprint density at radius 1 is 1.18 bits per heavy atom. The number of aromatic hydroxyl groups is 1. The number of ether oxygens (including phenoxy) is 2. The summed E-state index contributed by atoms with van der Waals surface area (Å²) in [6.45, 7) is 0. The average molecular weight is 531 g/mol. The molecule has 1 aromatic rings. The van der Waals surface area contributed by atoms with Crippen molar-refractivity contribution in [3.05, 3.63) is 39.7 Å². The smallest absolute Gasteiger partial charge is 0.255 e. The molecule has 1 aromatic carbocycles. The van der Waals surface area contributed by atoms with Gasteiger partial charge in [0.15, 0.2) is 17.7 Å². The van der Waals surface area contributed by atoms with E-state index >= 15 is 0 Å². The topological polar surface area (TPSA) is 180 Å². The first-order chi connectivity index (χ1) is 17.9. The third kappa shape index (κ3) is 4.14. The van der Waals surface area contributed by atoms with Gasteiger partial charge in [-0.1, -0.05) is 0 Å². The molecule has 1 saturated carbocycles. The van der Waals surface area contributed by atoms with E-state index in [9.17, 15) is 34.8 Å². The highest BCUT2D eigenvalue weighted by atomic mass is 16.7. The monoisotopic (exact) mass is 530 g/mol. The predicted molar refractivity (Wildman–Crippen MR) is 136 cm³/mol. The number of ketones is 2. The number of methoxy groups -OCH3 is 2. The number of benzene rings is 1. The molecule has 0 saturated heterocycles. The second-order valence-corrected chi connectivity index (χ2v) is 10.4. The van der Waals surface area contributed by atoms with Gasteiger partial charge in [0.25, 0.3) is 5.91 Å². The third-order valence-corrected chi connectivity index (χ3v) is 8.01. The van der Waals surface area contributed by atoms with Gasteiger partial charge < -0.3 is 40.5 Å². The quantitative estimate of drug-likeness (QED) is 0.244. The van der Waals surface area contributed by atoms with Crippen LogP contribution >= 0.6 is 0 Å². The average Bonchev–Trinajstić information content (AvgIpc) is 2.84. The van der Waals surface area contributed by atoms with E-state index in [1.807, 2.05) is 25.1 Å². The molecule has 38 heavy (non-hydrogen) atoms. The van der Waals surface area contributed by atoms with Gasteiger partial charge in [-0.3, -0.25) is 14.4 Å². The van der Waals surface area contributed by atoms with Crippen LogP contribution in [0.3, 0.4) is 0 Å². The number of aliphatic hydroxyl groups excluding tert-OH is 2. The van der Waals surface area contributed by atoms with E-state index in [2.05, 4.69) is 0 Å². The van der Waals surface area contributed by atoms with E-state index < -0.39 is 58.3 Å². The van der Waals surface area contributed by atoms with Crippen molar-refractivity contribution in [1.82, 2.24) is 0 Å². The highest BCUT2D eigenvalue weighted by molar-refractivity contribution is 6.22. The summed E-state index contributed by atoms with van der Waals surface area (Å²) in [5.41, 5.74) is 3.71. The fraction of sp³-hybridized carbons (Fsp3) is 0.519. The van der Waals surface area contributed by atoms with Gasteiger partial charge in [-0.05, 0) is 55.2 Å². The Morgan fingerprint density at radius 2 is 1.84 bits per heavy atom. The summed E-state index contributed by atoms with van der Waals surface area (Å²) in [6.07, 6.45) is 1.20. The van der Waals surface area contributed by atoms with Crippen molar-refractivity contribution in [3.8, 4) is 5.75 Å². The molecule has 1 amide bonds. The number of hydrogen-bond acceptors (Lipinski definition) is 10. The van der Waals surface area contributed by atoms with Crippen LogP contribution in [0.15, 0.2) is 23.0 Å². The molecule has 3 aliphatic carbocycles. The summed E-state index contributed by atoms with van der Waals surface area (Å²) >= 11 is 0. The molecular formula is C27H34N2O9. The predicted octanol–water partition coefficient (Wildman–Crippen LogP) is 1.43. The lowest BCUT2D eigenvalue weighted by atomic mass is 9.59. The first kappa shape index (κ1) is 27.6. The minimum atomic E-state index is -2.58. The number of nitrogens with two attached hydrogens (primary N) is 1. The van der Waals surface area contributed by atoms with E-state index in [0.29, 0.717) is 30.4 Å². The Hall–Kier alpha value is -3.41. The second kappa shape index (κ2) is 10.0. The number of anilines is 1. The summed E-state index contributed by atoms with van der Waals surface area (Å²) in [5.74, 6) is -6.34. The molecule has 206 valence electrons. The molecule has 0 radical (unpaired) electrons. The molecule has 0 aromatic heterocycles. The number of Topliss-reactive ketones (excluding diaryl/α,β-unsaturated/α-hetero) is 2. The van der Waals surface area contributed by atoms with E-state index in [1.165, 1.54) is 14.2 Å². The number of carbonyl (C=O) groups excluding carboxylic acids is 3. The molecule has 0 aliphatic heterocycles. The van der Waals surface area contributed by atoms with Crippen molar-refractivity contribution in [2.45, 2.75) is 50.4 Å². The number of aliphatic hydroxyl groups is 3. The van der Waals surface area contributed by atoms with E-state index in [0.717, 1.165) is 5.69 Å². The zero-order valence-corrected chi connectivity index (χ0v) is 21.9. The lowest BCUT2D eigenvalue weighted by molar-refractivity contribution is -0.147. The molecule has 4 rings (SSSR count). The molecule has 1 fully saturated rings. The molecule has 0 bridgehead atoms. The Bertz CT molecular complexity index is 1260. The van der Waals surface area contributed by atoms with E-state index in [4.69, 9.17) is 15.2 Å². The van der Waals surface area contributed by atoms with Gasteiger partial charge in [0.2, 0.25) is 5.78 Å². The number of rotatable bonds is 8. The Morgan fingerprint density at radius 3 is 2.42 bits per heavy atom. The van der Waals surface area contributed by atoms with Gasteiger partial charge in [-0.25, -0.2) is 0 Å². The summed E-state index contributed by atoms with van der Waals surface area (Å²) in [5, 5.41) is 44.8. The standard InChI is InChI=1S/C27H34N2O9/c1-29(2)16-10-12(6-5-7-18(37-3)38-4)22(31)20-15(16)9-13-8-14-11-17(30)21(26(28)35)25(34)27(14,36)24(33)19(13)23(20)32/h10,13-14,18,31-32,34,36H,5-9,11H2,1-4H3,(H2,28,35)/t13-,14+,27+/m1/s1. The minimum Gasteiger partial charge on any atom is -0.508 e. The van der Waals surface area contributed by atoms with Crippen LogP contribution in [0.2, 0.25) is 0 Å². The van der Waals surface area contributed by atoms with Gasteiger partial charge in [0, 0.05) is 51.9 Å². The van der Waals surface area contributed by atoms with E-state index in [-0.39, 0.29) is 36.1 Å². The molecule has 11 heteroatoms. The van der Waals surface area contributed by atoms with Crippen molar-refractivity contribution < 1.29 is 44.3 Å². The van der Waals surface area contributed by atoms with Crippen LogP contribution in [0.4, 0.5) is 5.69 Å². The van der Waals surface area contributed by atoms with Crippen LogP contribution in [-0.2, 0) is 36.7 Å². The van der Waals surface area contributed by atoms with Crippen LogP contribution in [-0.4, -0.2) is 78.1 Å². The molecular weight excluding hydrogens is 496 g/mol. The zero-order valence-electron chi connectivity index (χ0n) is 21.9. The van der Waals surface area contributed by atoms with Crippen LogP contribution in [0.25, 0.3) is 5.76 Å². The van der Waals surface area contributed by atoms with Crippen LogP contribution in [0.1, 0.15) is 42.4 Å². The molecule has 0 heterocycles. The first-order valence-corrected chi connectivity index (χ1v) is 12.5. The zero-order chi connectivity index (χ0) is 28.1. The van der Waals surface area contributed by atoms with Crippen molar-refractivity contribution in [2.24, 2.45) is 17.6 Å². The van der Waals surface area contributed by atoms with Gasteiger partial charge >= 0.3 is 0 Å². The highest BCUT2D eigenvalue weighted by Crippen LogP contribution is 2.53. The lowest BCUT2D eigenvalue weighted by Crippen LogP contribution is -2.58. The summed E-state index contributed by atoms with van der Waals surface area (Å²) < 4.78 is 10.4. The maximum Gasteiger partial charge on any atom is 0.255 e. The maximum atomic E-state index is 13.7. The van der Waals surface area contributed by atoms with Crippen LogP contribution in [0.5, 0.6) is 5.75 Å². The van der Waals surface area contributed by atoms with Gasteiger partial charge in [-0.2, -0.15) is 0 Å². The number of fused-ring (bicyclic) bond motifs is 3. The van der Waals surface area contributed by atoms with Crippen molar-refractivity contribution in [2.75, 3.05) is 33.2 Å². The maximum absolute atomic E-state index is 13.7. The number of phenols is 1. The lowest BCUT2D eigenvalue weighted by Gasteiger charge is -2.46.